The Morgan fingerprint density at radius 2 is 1.32 bits per heavy atom. The average Bonchev–Trinajstić information content (AvgIpc) is 4.16. The van der Waals surface area contributed by atoms with E-state index >= 15 is 0 Å². The molecule has 7 aromatic rings. The molecule has 6 heterocycles. The molecule has 0 spiro atoms. The minimum absolute atomic E-state index is 0.103. The Hall–Kier alpha value is -6.52. The highest BCUT2D eigenvalue weighted by Gasteiger charge is 2.39. The lowest BCUT2D eigenvalue weighted by Crippen LogP contribution is -2.51. The maximum Gasteiger partial charge on any atom is 0.407 e. The van der Waals surface area contributed by atoms with Crippen molar-refractivity contribution in [2.45, 2.75) is 63.7 Å². The third-order valence-electron chi connectivity index (χ3n) is 12.0. The molecule has 4 aromatic heterocycles. The number of amides is 4. The monoisotopic (exact) mass is 884 g/mol. The van der Waals surface area contributed by atoms with Crippen LogP contribution in [0.2, 0.25) is 0 Å². The van der Waals surface area contributed by atoms with Crippen LogP contribution < -0.4 is 10.6 Å². The van der Waals surface area contributed by atoms with Crippen LogP contribution >= 0.6 is 22.7 Å². The first-order chi connectivity index (χ1) is 30.6. The van der Waals surface area contributed by atoms with E-state index in [1.807, 2.05) is 66.2 Å². The predicted molar refractivity (Wildman–Crippen MR) is 244 cm³/mol. The van der Waals surface area contributed by atoms with Crippen molar-refractivity contribution in [1.29, 1.82) is 0 Å². The maximum absolute atomic E-state index is 14.0. The van der Waals surface area contributed by atoms with Crippen molar-refractivity contribution in [3.63, 3.8) is 0 Å². The van der Waals surface area contributed by atoms with E-state index in [0.29, 0.717) is 18.7 Å². The first-order valence-electron chi connectivity index (χ1n) is 21.1. The minimum Gasteiger partial charge on any atom is -0.453 e. The molecule has 3 unspecified atom stereocenters. The topological polar surface area (TPSA) is 175 Å². The second-order valence-electron chi connectivity index (χ2n) is 16.3. The first-order valence-corrected chi connectivity index (χ1v) is 22.8. The van der Waals surface area contributed by atoms with Crippen LogP contribution in [-0.2, 0) is 19.1 Å². The Bertz CT molecular complexity index is 2760. The van der Waals surface area contributed by atoms with E-state index in [1.165, 1.54) is 28.5 Å². The summed E-state index contributed by atoms with van der Waals surface area (Å²) >= 11 is 3.51. The van der Waals surface area contributed by atoms with E-state index < -0.39 is 24.3 Å². The van der Waals surface area contributed by atoms with E-state index in [4.69, 9.17) is 19.4 Å². The Kier molecular flexibility index (Phi) is 11.7. The lowest BCUT2D eigenvalue weighted by atomic mass is 10.0. The number of likely N-dealkylation sites (tertiary alicyclic amines) is 2. The van der Waals surface area contributed by atoms with Crippen molar-refractivity contribution in [1.82, 2.24) is 40.4 Å². The molecular weight excluding hydrogens is 837 g/mol. The van der Waals surface area contributed by atoms with Gasteiger partial charge in [-0.15, -0.1) is 22.7 Å². The summed E-state index contributed by atoms with van der Waals surface area (Å²) < 4.78 is 12.0. The van der Waals surface area contributed by atoms with Crippen LogP contribution in [0.5, 0.6) is 0 Å². The molecule has 4 atom stereocenters. The zero-order valence-corrected chi connectivity index (χ0v) is 37.0. The number of carbonyl (C=O) groups is 4. The number of carbonyl (C=O) groups excluding carboxylic acids is 4. The van der Waals surface area contributed by atoms with Crippen LogP contribution in [0.15, 0.2) is 91.1 Å². The minimum atomic E-state index is -0.878. The van der Waals surface area contributed by atoms with Crippen molar-refractivity contribution < 1.29 is 28.7 Å². The van der Waals surface area contributed by atoms with E-state index in [1.54, 1.807) is 22.7 Å². The number of benzene rings is 3. The summed E-state index contributed by atoms with van der Waals surface area (Å²) in [6, 6.07) is 26.3. The van der Waals surface area contributed by atoms with Gasteiger partial charge in [-0.05, 0) is 72.6 Å². The Morgan fingerprint density at radius 3 is 1.98 bits per heavy atom. The number of hydrogen-bond donors (Lipinski definition) is 4. The fraction of sp³-hybridized carbons (Fsp3) is 0.319. The van der Waals surface area contributed by atoms with Gasteiger partial charge >= 0.3 is 12.2 Å². The smallest absolute Gasteiger partial charge is 0.407 e. The molecule has 14 nitrogen and oxygen atoms in total. The number of aromatic amines is 2. The third kappa shape index (κ3) is 8.40. The van der Waals surface area contributed by atoms with Crippen LogP contribution in [0, 0.1) is 5.92 Å². The van der Waals surface area contributed by atoms with Crippen molar-refractivity contribution in [2.24, 2.45) is 5.92 Å². The summed E-state index contributed by atoms with van der Waals surface area (Å²) in [5, 5.41) is 5.44. The standard InChI is InChI=1S/C47H48N8O6S2/c1-26(2)40(52-46(58)60-3)44(56)54-20-8-12-34(54)42-48-25-33(51-42)27-14-16-28(17-15-27)36-23-38-39(62-36)24-37(63-38)30-18-19-31-32(22-30)50-43(49-31)35-13-9-21-55(35)45(57)41(53-47(59)61-4)29-10-6-5-7-11-29/h5-7,10-11,14-19,22-26,34-35,40-41H,8-9,12-13,20-21H2,1-4H3,(H,48,51)(H,49,50)(H,52,58)(H,53,59)/t34?,35?,40-,41?/m0/s1. The number of imidazole rings is 2. The number of nitrogens with one attached hydrogen (secondary N) is 4. The molecule has 9 rings (SSSR count). The van der Waals surface area contributed by atoms with Gasteiger partial charge in [-0.1, -0.05) is 74.5 Å². The average molecular weight is 885 g/mol. The highest BCUT2D eigenvalue weighted by Crippen LogP contribution is 2.43. The summed E-state index contributed by atoms with van der Waals surface area (Å²) in [5.41, 5.74) is 6.41. The first kappa shape index (κ1) is 41.8. The molecule has 63 heavy (non-hydrogen) atoms. The van der Waals surface area contributed by atoms with Crippen molar-refractivity contribution in [3.05, 3.63) is 108 Å². The summed E-state index contributed by atoms with van der Waals surface area (Å²) in [6.45, 7) is 4.97. The van der Waals surface area contributed by atoms with E-state index in [-0.39, 0.29) is 29.8 Å². The molecule has 4 amide bonds. The summed E-state index contributed by atoms with van der Waals surface area (Å²) in [7, 11) is 2.58. The molecule has 2 saturated heterocycles. The number of fused-ring (bicyclic) bond motifs is 2. The van der Waals surface area contributed by atoms with Gasteiger partial charge in [0.25, 0.3) is 5.91 Å². The molecule has 16 heteroatoms. The number of hydrogen-bond acceptors (Lipinski definition) is 10. The van der Waals surface area contributed by atoms with Gasteiger partial charge in [0.15, 0.2) is 0 Å². The number of methoxy groups -OCH3 is 2. The number of ether oxygens (including phenoxy) is 2. The van der Waals surface area contributed by atoms with Gasteiger partial charge in [-0.3, -0.25) is 9.59 Å². The number of aromatic nitrogens is 4. The van der Waals surface area contributed by atoms with Gasteiger partial charge in [-0.25, -0.2) is 19.6 Å². The SMILES string of the molecule is COC(=O)NC(C(=O)N1CCCC1c1nc2ccc(-c3cc4sc(-c5ccc(-c6c[nH]c(C7CCCN7C(=O)[C@@H](NC(=O)OC)C(C)C)n6)cc5)cc4s3)cc2[nH]1)c1ccccc1. The zero-order valence-electron chi connectivity index (χ0n) is 35.3. The zero-order chi connectivity index (χ0) is 43.8. The molecule has 0 aliphatic carbocycles. The summed E-state index contributed by atoms with van der Waals surface area (Å²) in [5.74, 6) is 1.02. The molecule has 0 saturated carbocycles. The molecule has 2 aliphatic heterocycles. The number of rotatable bonds is 11. The molecule has 324 valence electrons. The van der Waals surface area contributed by atoms with Crippen molar-refractivity contribution in [2.75, 3.05) is 27.3 Å². The van der Waals surface area contributed by atoms with Crippen LogP contribution in [-0.4, -0.2) is 87.1 Å². The van der Waals surface area contributed by atoms with Gasteiger partial charge in [0, 0.05) is 44.0 Å². The Balaban J connectivity index is 0.879. The lowest BCUT2D eigenvalue weighted by molar-refractivity contribution is -0.135. The van der Waals surface area contributed by atoms with Gasteiger partial charge in [-0.2, -0.15) is 0 Å². The van der Waals surface area contributed by atoms with Gasteiger partial charge in [0.1, 0.15) is 23.7 Å². The van der Waals surface area contributed by atoms with E-state index in [2.05, 4.69) is 69.1 Å². The second kappa shape index (κ2) is 17.7. The number of nitrogens with zero attached hydrogens (tertiary/aromatic N) is 4. The number of thiophene rings is 2. The summed E-state index contributed by atoms with van der Waals surface area (Å²) in [6.07, 6.45) is 3.83. The van der Waals surface area contributed by atoms with Crippen LogP contribution in [0.25, 0.3) is 52.6 Å². The molecule has 4 N–H and O–H groups in total. The molecule has 0 bridgehead atoms. The quantitative estimate of drug-likeness (QED) is 0.0994. The number of H-pyrrole nitrogens is 2. The van der Waals surface area contributed by atoms with E-state index in [0.717, 1.165) is 75.6 Å². The Morgan fingerprint density at radius 1 is 0.714 bits per heavy atom. The predicted octanol–water partition coefficient (Wildman–Crippen LogP) is 9.37. The van der Waals surface area contributed by atoms with E-state index in [9.17, 15) is 19.2 Å². The highest BCUT2D eigenvalue weighted by atomic mass is 32.1. The molecule has 3 aromatic carbocycles. The molecule has 2 aliphatic rings. The van der Waals surface area contributed by atoms with Crippen molar-refractivity contribution in [3.8, 4) is 32.1 Å². The van der Waals surface area contributed by atoms with Gasteiger partial charge in [0.05, 0.1) is 43.0 Å². The van der Waals surface area contributed by atoms with Crippen LogP contribution in [0.1, 0.15) is 74.9 Å². The maximum atomic E-state index is 14.0. The molecule has 0 radical (unpaired) electrons. The third-order valence-corrected chi connectivity index (χ3v) is 14.4. The van der Waals surface area contributed by atoms with Crippen molar-refractivity contribution >= 4 is 67.1 Å². The molecular formula is C47H48N8O6S2. The normalized spacial score (nSPS) is 17.3. The Labute approximate surface area is 372 Å². The van der Waals surface area contributed by atoms with Gasteiger partial charge in [0.2, 0.25) is 5.91 Å². The highest BCUT2D eigenvalue weighted by molar-refractivity contribution is 7.31. The van der Waals surface area contributed by atoms with Crippen LogP contribution in [0.4, 0.5) is 9.59 Å². The lowest BCUT2D eigenvalue weighted by Gasteiger charge is -2.29. The van der Waals surface area contributed by atoms with Crippen LogP contribution in [0.3, 0.4) is 0 Å². The van der Waals surface area contributed by atoms with Gasteiger partial charge < -0.3 is 39.9 Å². The fourth-order valence-electron chi connectivity index (χ4n) is 8.70. The fourth-order valence-corrected chi connectivity index (χ4v) is 11.1. The summed E-state index contributed by atoms with van der Waals surface area (Å²) in [4.78, 5) is 74.5. The molecule has 2 fully saturated rings. The second-order valence-corrected chi connectivity index (χ2v) is 18.4. The number of alkyl carbamates (subject to hydrolysis) is 2. The largest absolute Gasteiger partial charge is 0.453 e.